The Labute approximate surface area is 111 Å². The van der Waals surface area contributed by atoms with Crippen molar-refractivity contribution < 1.29 is 9.53 Å². The summed E-state index contributed by atoms with van der Waals surface area (Å²) in [6.07, 6.45) is 0. The maximum atomic E-state index is 11.2. The summed E-state index contributed by atoms with van der Waals surface area (Å²) in [7, 11) is 0. The molecule has 0 saturated carbocycles. The van der Waals surface area contributed by atoms with Crippen LogP contribution in [0, 0.1) is 0 Å². The first-order valence-corrected chi connectivity index (χ1v) is 6.02. The van der Waals surface area contributed by atoms with Gasteiger partial charge in [0.1, 0.15) is 12.4 Å². The molecule has 0 aliphatic rings. The molecule has 2 aromatic carbocycles. The molecule has 0 aliphatic heterocycles. The number of ether oxygens (including phenoxy) is 1. The van der Waals surface area contributed by atoms with Gasteiger partial charge in [-0.15, -0.1) is 0 Å². The zero-order valence-electron chi connectivity index (χ0n) is 10.0. The minimum atomic E-state index is -0.00786. The summed E-state index contributed by atoms with van der Waals surface area (Å²) in [5.74, 6) is 0.581. The first kappa shape index (κ1) is 12.7. The van der Waals surface area contributed by atoms with Crippen LogP contribution in [0.1, 0.15) is 22.8 Å². The van der Waals surface area contributed by atoms with Crippen LogP contribution in [0.15, 0.2) is 48.5 Å². The third kappa shape index (κ3) is 3.11. The summed E-state index contributed by atoms with van der Waals surface area (Å²) >= 11 is 6.06. The number of hydrogen-bond donors (Lipinski definition) is 0. The molecular weight excluding hydrogens is 248 g/mol. The maximum Gasteiger partial charge on any atom is 0.159 e. The molecule has 0 unspecified atom stereocenters. The number of ketones is 1. The van der Waals surface area contributed by atoms with Crippen LogP contribution in [-0.2, 0) is 6.61 Å². The summed E-state index contributed by atoms with van der Waals surface area (Å²) in [5, 5.41) is 0.457. The first-order chi connectivity index (χ1) is 8.66. The van der Waals surface area contributed by atoms with Gasteiger partial charge in [0, 0.05) is 5.56 Å². The van der Waals surface area contributed by atoms with Gasteiger partial charge in [-0.25, -0.2) is 0 Å². The average Bonchev–Trinajstić information content (AvgIpc) is 2.38. The van der Waals surface area contributed by atoms with Gasteiger partial charge in [-0.2, -0.15) is 0 Å². The van der Waals surface area contributed by atoms with E-state index >= 15 is 0 Å². The molecule has 0 aliphatic carbocycles. The highest BCUT2D eigenvalue weighted by molar-refractivity contribution is 6.32. The smallest absolute Gasteiger partial charge is 0.159 e. The number of halogens is 1. The molecule has 2 aromatic rings. The normalized spacial score (nSPS) is 10.1. The van der Waals surface area contributed by atoms with Gasteiger partial charge in [0.25, 0.3) is 0 Å². The highest BCUT2D eigenvalue weighted by Crippen LogP contribution is 2.26. The Morgan fingerprint density at radius 3 is 2.50 bits per heavy atom. The second-order valence-corrected chi connectivity index (χ2v) is 4.38. The van der Waals surface area contributed by atoms with Crippen LogP contribution >= 0.6 is 11.6 Å². The molecule has 0 spiro atoms. The molecular formula is C15H13ClO2. The van der Waals surface area contributed by atoms with E-state index in [1.807, 2.05) is 30.3 Å². The van der Waals surface area contributed by atoms with E-state index in [0.29, 0.717) is 22.9 Å². The number of carbonyl (C=O) groups is 1. The minimum Gasteiger partial charge on any atom is -0.487 e. The Morgan fingerprint density at radius 2 is 1.89 bits per heavy atom. The molecule has 3 heteroatoms. The fourth-order valence-electron chi connectivity index (χ4n) is 1.57. The Kier molecular flexibility index (Phi) is 4.00. The fraction of sp³-hybridized carbons (Fsp3) is 0.133. The van der Waals surface area contributed by atoms with Crippen molar-refractivity contribution in [2.45, 2.75) is 13.5 Å². The van der Waals surface area contributed by atoms with E-state index in [1.54, 1.807) is 18.2 Å². The van der Waals surface area contributed by atoms with Crippen LogP contribution in [0.3, 0.4) is 0 Å². The van der Waals surface area contributed by atoms with E-state index in [4.69, 9.17) is 16.3 Å². The molecule has 0 fully saturated rings. The molecule has 0 bridgehead atoms. The molecule has 0 aromatic heterocycles. The van der Waals surface area contributed by atoms with Crippen LogP contribution in [0.4, 0.5) is 0 Å². The minimum absolute atomic E-state index is 0.00786. The lowest BCUT2D eigenvalue weighted by Gasteiger charge is -2.08. The molecule has 18 heavy (non-hydrogen) atoms. The van der Waals surface area contributed by atoms with Gasteiger partial charge >= 0.3 is 0 Å². The number of hydrogen-bond acceptors (Lipinski definition) is 2. The average molecular weight is 261 g/mol. The van der Waals surface area contributed by atoms with Gasteiger partial charge in [-0.05, 0) is 30.7 Å². The van der Waals surface area contributed by atoms with Gasteiger partial charge < -0.3 is 4.74 Å². The van der Waals surface area contributed by atoms with Gasteiger partial charge in [0.05, 0.1) is 5.02 Å². The van der Waals surface area contributed by atoms with Crippen molar-refractivity contribution in [3.8, 4) is 5.75 Å². The molecule has 0 atom stereocenters. The van der Waals surface area contributed by atoms with Crippen molar-refractivity contribution in [1.82, 2.24) is 0 Å². The zero-order chi connectivity index (χ0) is 13.0. The Hall–Kier alpha value is -1.80. The standard InChI is InChI=1S/C15H13ClO2/c1-11(17)13-7-8-15(14(16)9-13)18-10-12-5-3-2-4-6-12/h2-9H,10H2,1H3. The number of carbonyl (C=O) groups excluding carboxylic acids is 1. The van der Waals surface area contributed by atoms with Crippen LogP contribution in [-0.4, -0.2) is 5.78 Å². The van der Waals surface area contributed by atoms with Crippen molar-refractivity contribution >= 4 is 17.4 Å². The first-order valence-electron chi connectivity index (χ1n) is 5.64. The van der Waals surface area contributed by atoms with Crippen LogP contribution in [0.2, 0.25) is 5.02 Å². The maximum absolute atomic E-state index is 11.2. The van der Waals surface area contributed by atoms with E-state index < -0.39 is 0 Å². The Morgan fingerprint density at radius 1 is 1.17 bits per heavy atom. The van der Waals surface area contributed by atoms with Gasteiger partial charge in [0.15, 0.2) is 5.78 Å². The molecule has 92 valence electrons. The molecule has 2 rings (SSSR count). The van der Waals surface area contributed by atoms with Crippen LogP contribution in [0.5, 0.6) is 5.75 Å². The number of Topliss-reactive ketones (excluding diaryl/α,β-unsaturated/α-hetero) is 1. The highest BCUT2D eigenvalue weighted by atomic mass is 35.5. The second-order valence-electron chi connectivity index (χ2n) is 3.98. The van der Waals surface area contributed by atoms with Crippen molar-refractivity contribution in [1.29, 1.82) is 0 Å². The Bertz CT molecular complexity index is 550. The van der Waals surface area contributed by atoms with Crippen LogP contribution < -0.4 is 4.74 Å². The lowest BCUT2D eigenvalue weighted by atomic mass is 10.1. The number of rotatable bonds is 4. The van der Waals surface area contributed by atoms with E-state index in [-0.39, 0.29) is 5.78 Å². The lowest BCUT2D eigenvalue weighted by Crippen LogP contribution is -1.97. The van der Waals surface area contributed by atoms with E-state index in [0.717, 1.165) is 5.56 Å². The SMILES string of the molecule is CC(=O)c1ccc(OCc2ccccc2)c(Cl)c1. The zero-order valence-corrected chi connectivity index (χ0v) is 10.8. The summed E-state index contributed by atoms with van der Waals surface area (Å²) in [6, 6.07) is 14.9. The molecule has 0 amide bonds. The monoisotopic (exact) mass is 260 g/mol. The van der Waals surface area contributed by atoms with Crippen molar-refractivity contribution in [3.63, 3.8) is 0 Å². The van der Waals surface area contributed by atoms with E-state index in [9.17, 15) is 4.79 Å². The van der Waals surface area contributed by atoms with Crippen LogP contribution in [0.25, 0.3) is 0 Å². The third-order valence-corrected chi connectivity index (χ3v) is 2.87. The predicted octanol–water partition coefficient (Wildman–Crippen LogP) is 4.12. The third-order valence-electron chi connectivity index (χ3n) is 2.58. The molecule has 0 saturated heterocycles. The van der Waals surface area contributed by atoms with Crippen molar-refractivity contribution in [3.05, 3.63) is 64.7 Å². The largest absolute Gasteiger partial charge is 0.487 e. The summed E-state index contributed by atoms with van der Waals surface area (Å²) in [6.45, 7) is 1.97. The topological polar surface area (TPSA) is 26.3 Å². The van der Waals surface area contributed by atoms with E-state index in [2.05, 4.69) is 0 Å². The van der Waals surface area contributed by atoms with Gasteiger partial charge in [-0.1, -0.05) is 41.9 Å². The summed E-state index contributed by atoms with van der Waals surface area (Å²) in [4.78, 5) is 11.2. The molecule has 0 N–H and O–H groups in total. The fourth-order valence-corrected chi connectivity index (χ4v) is 1.81. The molecule has 2 nitrogen and oxygen atoms in total. The van der Waals surface area contributed by atoms with Crippen molar-refractivity contribution in [2.24, 2.45) is 0 Å². The lowest BCUT2D eigenvalue weighted by molar-refractivity contribution is 0.101. The highest BCUT2D eigenvalue weighted by Gasteiger charge is 2.06. The quantitative estimate of drug-likeness (QED) is 0.773. The molecule has 0 heterocycles. The van der Waals surface area contributed by atoms with Gasteiger partial charge in [-0.3, -0.25) is 4.79 Å². The van der Waals surface area contributed by atoms with Crippen molar-refractivity contribution in [2.75, 3.05) is 0 Å². The second kappa shape index (κ2) is 5.69. The summed E-state index contributed by atoms with van der Waals surface area (Å²) < 4.78 is 5.61. The van der Waals surface area contributed by atoms with Gasteiger partial charge in [0.2, 0.25) is 0 Å². The molecule has 0 radical (unpaired) electrons. The number of benzene rings is 2. The Balaban J connectivity index is 2.08. The van der Waals surface area contributed by atoms with E-state index in [1.165, 1.54) is 6.92 Å². The predicted molar refractivity (Wildman–Crippen MR) is 72.2 cm³/mol. The summed E-state index contributed by atoms with van der Waals surface area (Å²) in [5.41, 5.74) is 1.66.